The fourth-order valence-corrected chi connectivity index (χ4v) is 4.92. The van der Waals surface area contributed by atoms with E-state index in [0.717, 1.165) is 11.1 Å². The molecule has 1 aliphatic rings. The molecule has 0 spiro atoms. The Balaban J connectivity index is 2.05. The van der Waals surface area contributed by atoms with Gasteiger partial charge in [-0.3, -0.25) is 0 Å². The van der Waals surface area contributed by atoms with Crippen LogP contribution < -0.4 is 0 Å². The van der Waals surface area contributed by atoms with Crippen molar-refractivity contribution in [2.45, 2.75) is 16.7 Å². The van der Waals surface area contributed by atoms with Crippen LogP contribution in [-0.4, -0.2) is 25.9 Å². The van der Waals surface area contributed by atoms with Gasteiger partial charge in [-0.15, -0.1) is 0 Å². The molecule has 0 saturated heterocycles. The minimum Gasteiger partial charge on any atom is -0.396 e. The molecule has 1 N–H and O–H groups in total. The SMILES string of the molecule is O=S1(=O)CC(C(CO)c2ccc(F)cc2)c2ccccc21. The third kappa shape index (κ3) is 2.47. The van der Waals surface area contributed by atoms with Crippen molar-refractivity contribution in [2.24, 2.45) is 0 Å². The molecule has 3 nitrogen and oxygen atoms in total. The lowest BCUT2D eigenvalue weighted by atomic mass is 9.83. The van der Waals surface area contributed by atoms with Crippen LogP contribution in [0.1, 0.15) is 23.0 Å². The first kappa shape index (κ1) is 14.2. The van der Waals surface area contributed by atoms with Crippen LogP contribution in [-0.2, 0) is 9.84 Å². The topological polar surface area (TPSA) is 54.4 Å². The van der Waals surface area contributed by atoms with Gasteiger partial charge in [0.15, 0.2) is 9.84 Å². The van der Waals surface area contributed by atoms with E-state index in [1.54, 1.807) is 36.4 Å². The van der Waals surface area contributed by atoms with Gasteiger partial charge in [-0.05, 0) is 29.3 Å². The molecule has 110 valence electrons. The van der Waals surface area contributed by atoms with Crippen LogP contribution in [0.2, 0.25) is 0 Å². The Hall–Kier alpha value is -1.72. The van der Waals surface area contributed by atoms with E-state index >= 15 is 0 Å². The summed E-state index contributed by atoms with van der Waals surface area (Å²) in [5.74, 6) is -1.03. The summed E-state index contributed by atoms with van der Waals surface area (Å²) < 4.78 is 37.5. The van der Waals surface area contributed by atoms with Gasteiger partial charge in [0.25, 0.3) is 0 Å². The van der Waals surface area contributed by atoms with Gasteiger partial charge in [0.1, 0.15) is 5.82 Å². The zero-order valence-electron chi connectivity index (χ0n) is 11.2. The Labute approximate surface area is 123 Å². The quantitative estimate of drug-likeness (QED) is 0.948. The number of aliphatic hydroxyl groups excluding tert-OH is 1. The number of sulfone groups is 1. The molecule has 1 heterocycles. The average molecular weight is 306 g/mol. The van der Waals surface area contributed by atoms with Crippen molar-refractivity contribution in [1.82, 2.24) is 0 Å². The highest BCUT2D eigenvalue weighted by Gasteiger charge is 2.39. The molecule has 0 bridgehead atoms. The fraction of sp³-hybridized carbons (Fsp3) is 0.250. The molecule has 2 unspecified atom stereocenters. The average Bonchev–Trinajstić information content (AvgIpc) is 2.74. The summed E-state index contributed by atoms with van der Waals surface area (Å²) >= 11 is 0. The lowest BCUT2D eigenvalue weighted by molar-refractivity contribution is 0.252. The van der Waals surface area contributed by atoms with Gasteiger partial charge >= 0.3 is 0 Å². The van der Waals surface area contributed by atoms with Crippen molar-refractivity contribution in [3.8, 4) is 0 Å². The molecule has 2 aromatic rings. The Bertz CT molecular complexity index is 753. The predicted octanol–water partition coefficient (Wildman–Crippen LogP) is 2.47. The molecule has 21 heavy (non-hydrogen) atoms. The van der Waals surface area contributed by atoms with E-state index in [2.05, 4.69) is 0 Å². The minimum atomic E-state index is -3.31. The van der Waals surface area contributed by atoms with Crippen molar-refractivity contribution < 1.29 is 17.9 Å². The third-order valence-corrected chi connectivity index (χ3v) is 5.87. The lowest BCUT2D eigenvalue weighted by Gasteiger charge is -2.22. The standard InChI is InChI=1S/C16H15FO3S/c17-12-7-5-11(6-8-12)14(9-18)15-10-21(19,20)16-4-2-1-3-13(15)16/h1-8,14-15,18H,9-10H2. The van der Waals surface area contributed by atoms with Crippen molar-refractivity contribution in [3.05, 3.63) is 65.5 Å². The molecule has 0 aromatic heterocycles. The number of rotatable bonds is 3. The van der Waals surface area contributed by atoms with Crippen LogP contribution in [0.3, 0.4) is 0 Å². The Morgan fingerprint density at radius 3 is 2.48 bits per heavy atom. The Morgan fingerprint density at radius 1 is 1.14 bits per heavy atom. The number of aliphatic hydroxyl groups is 1. The molecule has 3 rings (SSSR count). The lowest BCUT2D eigenvalue weighted by Crippen LogP contribution is -2.17. The molecule has 0 fully saturated rings. The maximum absolute atomic E-state index is 13.0. The first-order chi connectivity index (χ1) is 10.0. The van der Waals surface area contributed by atoms with Crippen molar-refractivity contribution in [3.63, 3.8) is 0 Å². The summed E-state index contributed by atoms with van der Waals surface area (Å²) in [6.45, 7) is -0.180. The molecule has 2 aromatic carbocycles. The van der Waals surface area contributed by atoms with Gasteiger partial charge in [-0.25, -0.2) is 12.8 Å². The Kier molecular flexibility index (Phi) is 3.55. The van der Waals surface area contributed by atoms with E-state index in [1.807, 2.05) is 0 Å². The molecule has 0 amide bonds. The molecule has 1 aliphatic heterocycles. The monoisotopic (exact) mass is 306 g/mol. The largest absolute Gasteiger partial charge is 0.396 e. The van der Waals surface area contributed by atoms with E-state index < -0.39 is 9.84 Å². The highest BCUT2D eigenvalue weighted by atomic mass is 32.2. The molecular formula is C16H15FO3S. The maximum atomic E-state index is 13.0. The van der Waals surface area contributed by atoms with E-state index in [9.17, 15) is 17.9 Å². The summed E-state index contributed by atoms with van der Waals surface area (Å²) in [6, 6.07) is 12.7. The van der Waals surface area contributed by atoms with Crippen molar-refractivity contribution in [1.29, 1.82) is 0 Å². The fourth-order valence-electron chi connectivity index (χ4n) is 2.99. The number of fused-ring (bicyclic) bond motifs is 1. The summed E-state index contributed by atoms with van der Waals surface area (Å²) in [5, 5.41) is 9.72. The van der Waals surface area contributed by atoms with Gasteiger partial charge in [0, 0.05) is 11.8 Å². The van der Waals surface area contributed by atoms with E-state index in [0.29, 0.717) is 4.90 Å². The normalized spacial score (nSPS) is 21.0. The number of hydrogen-bond donors (Lipinski definition) is 1. The van der Waals surface area contributed by atoms with Crippen LogP contribution in [0.4, 0.5) is 4.39 Å². The van der Waals surface area contributed by atoms with Crippen LogP contribution in [0, 0.1) is 5.82 Å². The van der Waals surface area contributed by atoms with Crippen LogP contribution in [0.15, 0.2) is 53.4 Å². The summed E-state index contributed by atoms with van der Waals surface area (Å²) in [4.78, 5) is 0.343. The second-order valence-electron chi connectivity index (χ2n) is 5.27. The first-order valence-electron chi connectivity index (χ1n) is 6.71. The highest BCUT2D eigenvalue weighted by molar-refractivity contribution is 7.91. The second-order valence-corrected chi connectivity index (χ2v) is 7.27. The van der Waals surface area contributed by atoms with E-state index in [4.69, 9.17) is 0 Å². The minimum absolute atomic E-state index is 0.0189. The zero-order valence-corrected chi connectivity index (χ0v) is 12.1. The van der Waals surface area contributed by atoms with E-state index in [1.165, 1.54) is 12.1 Å². The predicted molar refractivity (Wildman–Crippen MR) is 77.5 cm³/mol. The van der Waals surface area contributed by atoms with Crippen molar-refractivity contribution in [2.75, 3.05) is 12.4 Å². The molecule has 0 radical (unpaired) electrons. The molecular weight excluding hydrogens is 291 g/mol. The summed E-state index contributed by atoms with van der Waals surface area (Å²) in [5.41, 5.74) is 1.48. The molecule has 0 saturated carbocycles. The van der Waals surface area contributed by atoms with Crippen molar-refractivity contribution >= 4 is 9.84 Å². The van der Waals surface area contributed by atoms with Gasteiger partial charge in [-0.1, -0.05) is 30.3 Å². The number of halogens is 1. The summed E-state index contributed by atoms with van der Waals surface area (Å²) in [6.07, 6.45) is 0. The maximum Gasteiger partial charge on any atom is 0.179 e. The Morgan fingerprint density at radius 2 is 1.81 bits per heavy atom. The van der Waals surface area contributed by atoms with Gasteiger partial charge < -0.3 is 5.11 Å². The van der Waals surface area contributed by atoms with Crippen LogP contribution in [0.25, 0.3) is 0 Å². The van der Waals surface area contributed by atoms with Crippen LogP contribution >= 0.6 is 0 Å². The first-order valence-corrected chi connectivity index (χ1v) is 8.36. The zero-order chi connectivity index (χ0) is 15.0. The molecule has 2 atom stereocenters. The molecule has 0 aliphatic carbocycles. The van der Waals surface area contributed by atoms with Gasteiger partial charge in [-0.2, -0.15) is 0 Å². The third-order valence-electron chi connectivity index (χ3n) is 4.03. The highest BCUT2D eigenvalue weighted by Crippen LogP contribution is 2.43. The molecule has 5 heteroatoms. The smallest absolute Gasteiger partial charge is 0.179 e. The van der Waals surface area contributed by atoms with Crippen LogP contribution in [0.5, 0.6) is 0 Å². The van der Waals surface area contributed by atoms with E-state index in [-0.39, 0.29) is 30.0 Å². The second kappa shape index (κ2) is 5.24. The number of hydrogen-bond acceptors (Lipinski definition) is 3. The van der Waals surface area contributed by atoms with Gasteiger partial charge in [0.05, 0.1) is 17.3 Å². The van der Waals surface area contributed by atoms with Gasteiger partial charge in [0.2, 0.25) is 0 Å². The number of benzene rings is 2. The summed E-state index contributed by atoms with van der Waals surface area (Å²) in [7, 11) is -3.31.